The SMILES string of the molecule is CCOC(=O)N1CCC[C@@H]2CN(C)C[C@@H]21. The quantitative estimate of drug-likeness (QED) is 0.654. The summed E-state index contributed by atoms with van der Waals surface area (Å²) in [4.78, 5) is 16.0. The van der Waals surface area contributed by atoms with Crippen LogP contribution in [0.4, 0.5) is 4.79 Å². The molecule has 2 aliphatic heterocycles. The number of hydrogen-bond acceptors (Lipinski definition) is 3. The summed E-state index contributed by atoms with van der Waals surface area (Å²) in [6, 6.07) is 0.391. The van der Waals surface area contributed by atoms with E-state index < -0.39 is 0 Å². The van der Waals surface area contributed by atoms with Gasteiger partial charge in [0.05, 0.1) is 12.6 Å². The van der Waals surface area contributed by atoms with Crippen LogP contribution in [0.1, 0.15) is 19.8 Å². The summed E-state index contributed by atoms with van der Waals surface area (Å²) in [5, 5.41) is 0. The first-order valence-corrected chi connectivity index (χ1v) is 5.84. The highest BCUT2D eigenvalue weighted by Crippen LogP contribution is 2.30. The highest BCUT2D eigenvalue weighted by atomic mass is 16.6. The lowest BCUT2D eigenvalue weighted by Crippen LogP contribution is -2.48. The Bertz CT molecular complexity index is 245. The normalized spacial score (nSPS) is 31.5. The molecule has 0 aliphatic carbocycles. The zero-order chi connectivity index (χ0) is 10.8. The molecule has 0 unspecified atom stereocenters. The Hall–Kier alpha value is -0.770. The summed E-state index contributed by atoms with van der Waals surface area (Å²) in [6.07, 6.45) is 2.25. The van der Waals surface area contributed by atoms with Gasteiger partial charge in [-0.1, -0.05) is 0 Å². The minimum Gasteiger partial charge on any atom is -0.450 e. The van der Waals surface area contributed by atoms with Crippen LogP contribution >= 0.6 is 0 Å². The van der Waals surface area contributed by atoms with Crippen LogP contribution in [0.25, 0.3) is 0 Å². The summed E-state index contributed by atoms with van der Waals surface area (Å²) >= 11 is 0. The lowest BCUT2D eigenvalue weighted by atomic mass is 9.92. The molecule has 2 fully saturated rings. The third-order valence-corrected chi connectivity index (χ3v) is 3.47. The van der Waals surface area contributed by atoms with Gasteiger partial charge in [0, 0.05) is 19.6 Å². The highest BCUT2D eigenvalue weighted by molar-refractivity contribution is 5.68. The van der Waals surface area contributed by atoms with Gasteiger partial charge >= 0.3 is 6.09 Å². The number of piperidine rings is 1. The van der Waals surface area contributed by atoms with E-state index in [2.05, 4.69) is 11.9 Å². The van der Waals surface area contributed by atoms with Crippen molar-refractivity contribution >= 4 is 6.09 Å². The van der Waals surface area contributed by atoms with Crippen molar-refractivity contribution in [3.63, 3.8) is 0 Å². The fourth-order valence-electron chi connectivity index (χ4n) is 2.82. The van der Waals surface area contributed by atoms with Crippen LogP contribution < -0.4 is 0 Å². The topological polar surface area (TPSA) is 32.8 Å². The second-order valence-electron chi connectivity index (χ2n) is 4.58. The molecule has 0 aromatic carbocycles. The lowest BCUT2D eigenvalue weighted by molar-refractivity contribution is 0.0689. The number of hydrogen-bond donors (Lipinski definition) is 0. The third-order valence-electron chi connectivity index (χ3n) is 3.47. The molecule has 4 heteroatoms. The predicted molar refractivity (Wildman–Crippen MR) is 57.7 cm³/mol. The van der Waals surface area contributed by atoms with E-state index in [1.165, 1.54) is 6.42 Å². The second kappa shape index (κ2) is 4.39. The molecular weight excluding hydrogens is 192 g/mol. The first-order valence-electron chi connectivity index (χ1n) is 5.84. The molecule has 2 saturated heterocycles. The van der Waals surface area contributed by atoms with Gasteiger partial charge in [0.15, 0.2) is 0 Å². The molecule has 15 heavy (non-hydrogen) atoms. The maximum Gasteiger partial charge on any atom is 0.410 e. The molecule has 0 aromatic rings. The minimum absolute atomic E-state index is 0.123. The van der Waals surface area contributed by atoms with E-state index in [0.29, 0.717) is 18.6 Å². The van der Waals surface area contributed by atoms with E-state index in [-0.39, 0.29) is 6.09 Å². The molecule has 0 bridgehead atoms. The van der Waals surface area contributed by atoms with Crippen LogP contribution in [0.3, 0.4) is 0 Å². The zero-order valence-corrected chi connectivity index (χ0v) is 9.61. The summed E-state index contributed by atoms with van der Waals surface area (Å²) in [5.41, 5.74) is 0. The van der Waals surface area contributed by atoms with Crippen molar-refractivity contribution < 1.29 is 9.53 Å². The zero-order valence-electron chi connectivity index (χ0n) is 9.61. The fraction of sp³-hybridized carbons (Fsp3) is 0.909. The van der Waals surface area contributed by atoms with Crippen LogP contribution in [0.15, 0.2) is 0 Å². The number of likely N-dealkylation sites (N-methyl/N-ethyl adjacent to an activating group) is 1. The first-order chi connectivity index (χ1) is 7.22. The molecule has 2 rings (SSSR count). The molecular formula is C11H20N2O2. The van der Waals surface area contributed by atoms with Crippen molar-refractivity contribution in [2.75, 3.05) is 33.3 Å². The van der Waals surface area contributed by atoms with Gasteiger partial charge in [0.1, 0.15) is 0 Å². The Kier molecular flexibility index (Phi) is 3.14. The van der Waals surface area contributed by atoms with E-state index in [4.69, 9.17) is 4.74 Å². The van der Waals surface area contributed by atoms with Crippen molar-refractivity contribution in [3.8, 4) is 0 Å². The summed E-state index contributed by atoms with van der Waals surface area (Å²) in [6.45, 7) is 5.33. The van der Waals surface area contributed by atoms with E-state index in [0.717, 1.165) is 26.1 Å². The monoisotopic (exact) mass is 212 g/mol. The van der Waals surface area contributed by atoms with Crippen LogP contribution in [-0.4, -0.2) is 55.2 Å². The standard InChI is InChI=1S/C11H20N2O2/c1-3-15-11(14)13-6-4-5-9-7-12(2)8-10(9)13/h9-10H,3-8H2,1-2H3/t9-,10+/m1/s1. The van der Waals surface area contributed by atoms with E-state index in [9.17, 15) is 4.79 Å². The predicted octanol–water partition coefficient (Wildman–Crippen LogP) is 1.17. The van der Waals surface area contributed by atoms with E-state index in [1.807, 2.05) is 11.8 Å². The highest BCUT2D eigenvalue weighted by Gasteiger charge is 2.40. The molecule has 0 spiro atoms. The Morgan fingerprint density at radius 2 is 2.27 bits per heavy atom. The average molecular weight is 212 g/mol. The van der Waals surface area contributed by atoms with E-state index >= 15 is 0 Å². The molecule has 1 amide bonds. The van der Waals surface area contributed by atoms with Crippen molar-refractivity contribution in [2.45, 2.75) is 25.8 Å². The van der Waals surface area contributed by atoms with Crippen LogP contribution in [0.2, 0.25) is 0 Å². The fourth-order valence-corrected chi connectivity index (χ4v) is 2.82. The molecule has 0 N–H and O–H groups in total. The number of carbonyl (C=O) groups is 1. The molecule has 2 aliphatic rings. The Morgan fingerprint density at radius 3 is 3.00 bits per heavy atom. The number of amides is 1. The molecule has 0 aromatic heterocycles. The van der Waals surface area contributed by atoms with Crippen molar-refractivity contribution in [1.82, 2.24) is 9.80 Å². The Morgan fingerprint density at radius 1 is 1.47 bits per heavy atom. The number of fused-ring (bicyclic) bond motifs is 1. The summed E-state index contributed by atoms with van der Waals surface area (Å²) in [5.74, 6) is 0.660. The number of likely N-dealkylation sites (tertiary alicyclic amines) is 2. The van der Waals surface area contributed by atoms with Gasteiger partial charge in [-0.3, -0.25) is 0 Å². The van der Waals surface area contributed by atoms with Crippen molar-refractivity contribution in [3.05, 3.63) is 0 Å². The maximum absolute atomic E-state index is 11.7. The summed E-state index contributed by atoms with van der Waals surface area (Å²) < 4.78 is 5.09. The van der Waals surface area contributed by atoms with Crippen LogP contribution in [0, 0.1) is 5.92 Å². The van der Waals surface area contributed by atoms with Gasteiger partial charge in [-0.05, 0) is 32.7 Å². The van der Waals surface area contributed by atoms with Gasteiger partial charge in [-0.25, -0.2) is 4.79 Å². The second-order valence-corrected chi connectivity index (χ2v) is 4.58. The molecule has 4 nitrogen and oxygen atoms in total. The average Bonchev–Trinajstić information content (AvgIpc) is 2.57. The van der Waals surface area contributed by atoms with Crippen LogP contribution in [-0.2, 0) is 4.74 Å². The summed E-state index contributed by atoms with van der Waals surface area (Å²) in [7, 11) is 2.13. The van der Waals surface area contributed by atoms with Crippen molar-refractivity contribution in [1.29, 1.82) is 0 Å². The van der Waals surface area contributed by atoms with Gasteiger partial charge in [0.2, 0.25) is 0 Å². The van der Waals surface area contributed by atoms with Gasteiger partial charge < -0.3 is 14.5 Å². The third kappa shape index (κ3) is 2.09. The maximum atomic E-state index is 11.7. The van der Waals surface area contributed by atoms with Crippen LogP contribution in [0.5, 0.6) is 0 Å². The number of nitrogens with zero attached hydrogens (tertiary/aromatic N) is 2. The Balaban J connectivity index is 2.02. The van der Waals surface area contributed by atoms with Gasteiger partial charge in [0.25, 0.3) is 0 Å². The number of carbonyl (C=O) groups excluding carboxylic acids is 1. The molecule has 0 radical (unpaired) electrons. The molecule has 2 atom stereocenters. The molecule has 0 saturated carbocycles. The Labute approximate surface area is 91.2 Å². The molecule has 2 heterocycles. The first kappa shape index (κ1) is 10.7. The van der Waals surface area contributed by atoms with Gasteiger partial charge in [-0.2, -0.15) is 0 Å². The number of ether oxygens (including phenoxy) is 1. The lowest BCUT2D eigenvalue weighted by Gasteiger charge is -2.36. The number of rotatable bonds is 1. The van der Waals surface area contributed by atoms with E-state index in [1.54, 1.807) is 0 Å². The molecule has 86 valence electrons. The van der Waals surface area contributed by atoms with Gasteiger partial charge in [-0.15, -0.1) is 0 Å². The smallest absolute Gasteiger partial charge is 0.410 e. The largest absolute Gasteiger partial charge is 0.450 e. The minimum atomic E-state index is -0.123. The van der Waals surface area contributed by atoms with Crippen molar-refractivity contribution in [2.24, 2.45) is 5.92 Å².